The van der Waals surface area contributed by atoms with E-state index in [1.165, 1.54) is 24.1 Å². The SMILES string of the molecule is CC(C)(C)OC(=O)N1CC(C)(C)c2ccc(N3CCCC3)cc21. The average molecular weight is 316 g/mol. The summed E-state index contributed by atoms with van der Waals surface area (Å²) in [6.07, 6.45) is 2.25. The molecule has 1 fully saturated rings. The number of hydrogen-bond acceptors (Lipinski definition) is 3. The van der Waals surface area contributed by atoms with E-state index in [9.17, 15) is 4.79 Å². The molecule has 0 radical (unpaired) electrons. The number of nitrogens with zero attached hydrogens (tertiary/aromatic N) is 2. The van der Waals surface area contributed by atoms with Crippen LogP contribution in [0.15, 0.2) is 18.2 Å². The third-order valence-corrected chi connectivity index (χ3v) is 4.64. The summed E-state index contributed by atoms with van der Waals surface area (Å²) in [6, 6.07) is 6.55. The second-order valence-electron chi connectivity index (χ2n) is 8.35. The van der Waals surface area contributed by atoms with Crippen LogP contribution < -0.4 is 9.80 Å². The molecule has 1 amide bonds. The molecule has 0 spiro atoms. The molecular weight excluding hydrogens is 288 g/mol. The topological polar surface area (TPSA) is 32.8 Å². The van der Waals surface area contributed by atoms with Gasteiger partial charge in [-0.1, -0.05) is 19.9 Å². The van der Waals surface area contributed by atoms with E-state index >= 15 is 0 Å². The molecule has 3 rings (SSSR count). The summed E-state index contributed by atoms with van der Waals surface area (Å²) < 4.78 is 5.61. The normalized spacial score (nSPS) is 19.9. The Bertz CT molecular complexity index is 610. The highest BCUT2D eigenvalue weighted by molar-refractivity contribution is 5.92. The maximum absolute atomic E-state index is 12.6. The van der Waals surface area contributed by atoms with Crippen molar-refractivity contribution in [3.05, 3.63) is 23.8 Å². The Morgan fingerprint density at radius 2 is 1.83 bits per heavy atom. The summed E-state index contributed by atoms with van der Waals surface area (Å²) in [5.41, 5.74) is 2.93. The Labute approximate surface area is 139 Å². The first kappa shape index (κ1) is 16.2. The lowest BCUT2D eigenvalue weighted by atomic mass is 9.87. The van der Waals surface area contributed by atoms with E-state index in [-0.39, 0.29) is 11.5 Å². The number of carbonyl (C=O) groups is 1. The van der Waals surface area contributed by atoms with Crippen molar-refractivity contribution in [2.45, 2.75) is 58.5 Å². The van der Waals surface area contributed by atoms with Crippen molar-refractivity contribution in [1.82, 2.24) is 0 Å². The van der Waals surface area contributed by atoms with Gasteiger partial charge in [0.2, 0.25) is 0 Å². The van der Waals surface area contributed by atoms with E-state index in [0.29, 0.717) is 6.54 Å². The maximum Gasteiger partial charge on any atom is 0.414 e. The molecule has 2 aliphatic heterocycles. The van der Waals surface area contributed by atoms with Crippen molar-refractivity contribution in [2.24, 2.45) is 0 Å². The van der Waals surface area contributed by atoms with Crippen molar-refractivity contribution in [1.29, 1.82) is 0 Å². The lowest BCUT2D eigenvalue weighted by Crippen LogP contribution is -2.38. The number of benzene rings is 1. The fraction of sp³-hybridized carbons (Fsp3) is 0.632. The van der Waals surface area contributed by atoms with Gasteiger partial charge in [-0.2, -0.15) is 0 Å². The van der Waals surface area contributed by atoms with Crippen molar-refractivity contribution < 1.29 is 9.53 Å². The molecule has 0 bridgehead atoms. The number of ether oxygens (including phenoxy) is 1. The summed E-state index contributed by atoms with van der Waals surface area (Å²) in [6.45, 7) is 13.0. The molecule has 1 saturated heterocycles. The first-order chi connectivity index (χ1) is 10.7. The van der Waals surface area contributed by atoms with Crippen molar-refractivity contribution in [3.63, 3.8) is 0 Å². The molecule has 4 nitrogen and oxygen atoms in total. The van der Waals surface area contributed by atoms with Crippen LogP contribution in [0.3, 0.4) is 0 Å². The smallest absolute Gasteiger partial charge is 0.414 e. The molecule has 0 aliphatic carbocycles. The minimum atomic E-state index is -0.476. The van der Waals surface area contributed by atoms with Gasteiger partial charge in [-0.25, -0.2) is 4.79 Å². The summed E-state index contributed by atoms with van der Waals surface area (Å²) in [5.74, 6) is 0. The van der Waals surface area contributed by atoms with Gasteiger partial charge in [0.1, 0.15) is 5.60 Å². The molecule has 0 aromatic heterocycles. The van der Waals surface area contributed by atoms with Crippen LogP contribution in [0.2, 0.25) is 0 Å². The molecule has 23 heavy (non-hydrogen) atoms. The molecule has 0 atom stereocenters. The standard InChI is InChI=1S/C19H28N2O2/c1-18(2,3)23-17(22)21-13-19(4,5)15-9-8-14(12-16(15)21)20-10-6-7-11-20/h8-9,12H,6-7,10-11,13H2,1-5H3. The van der Waals surface area contributed by atoms with Crippen molar-refractivity contribution in [2.75, 3.05) is 29.4 Å². The zero-order valence-electron chi connectivity index (χ0n) is 15.0. The van der Waals surface area contributed by atoms with Crippen LogP contribution in [-0.4, -0.2) is 31.3 Å². The number of amides is 1. The second kappa shape index (κ2) is 5.43. The summed E-state index contributed by atoms with van der Waals surface area (Å²) in [5, 5.41) is 0. The number of anilines is 2. The van der Waals surface area contributed by atoms with Gasteiger partial charge in [0.05, 0.1) is 5.69 Å². The monoisotopic (exact) mass is 316 g/mol. The van der Waals surface area contributed by atoms with Crippen molar-refractivity contribution in [3.8, 4) is 0 Å². The average Bonchev–Trinajstić information content (AvgIpc) is 3.03. The Kier molecular flexibility index (Phi) is 3.81. The second-order valence-corrected chi connectivity index (χ2v) is 8.35. The van der Waals surface area contributed by atoms with Gasteiger partial charge in [0.15, 0.2) is 0 Å². The zero-order chi connectivity index (χ0) is 16.8. The third kappa shape index (κ3) is 3.17. The van der Waals surface area contributed by atoms with Crippen LogP contribution >= 0.6 is 0 Å². The van der Waals surface area contributed by atoms with Crippen molar-refractivity contribution >= 4 is 17.5 Å². The van der Waals surface area contributed by atoms with Gasteiger partial charge in [0, 0.05) is 30.7 Å². The highest BCUT2D eigenvalue weighted by Gasteiger charge is 2.40. The Hall–Kier alpha value is -1.71. The molecular formula is C19H28N2O2. The van der Waals surface area contributed by atoms with E-state index in [2.05, 4.69) is 36.9 Å². The van der Waals surface area contributed by atoms with E-state index in [4.69, 9.17) is 4.74 Å². The van der Waals surface area contributed by atoms with Crippen LogP contribution in [0.25, 0.3) is 0 Å². The van der Waals surface area contributed by atoms with Gasteiger partial charge < -0.3 is 9.64 Å². The highest BCUT2D eigenvalue weighted by atomic mass is 16.6. The lowest BCUT2D eigenvalue weighted by Gasteiger charge is -2.26. The molecule has 0 N–H and O–H groups in total. The highest BCUT2D eigenvalue weighted by Crippen LogP contribution is 2.43. The van der Waals surface area contributed by atoms with E-state index < -0.39 is 5.60 Å². The first-order valence-electron chi connectivity index (χ1n) is 8.57. The minimum Gasteiger partial charge on any atom is -0.443 e. The molecule has 0 unspecified atom stereocenters. The number of carbonyl (C=O) groups excluding carboxylic acids is 1. The lowest BCUT2D eigenvalue weighted by molar-refractivity contribution is 0.0579. The molecule has 2 heterocycles. The minimum absolute atomic E-state index is 0.0459. The number of rotatable bonds is 1. The molecule has 1 aromatic carbocycles. The quantitative estimate of drug-likeness (QED) is 0.773. The van der Waals surface area contributed by atoms with Crippen LogP contribution in [0.5, 0.6) is 0 Å². The van der Waals surface area contributed by atoms with Gasteiger partial charge in [-0.15, -0.1) is 0 Å². The molecule has 0 saturated carbocycles. The Balaban J connectivity index is 1.94. The van der Waals surface area contributed by atoms with Gasteiger partial charge in [0.25, 0.3) is 0 Å². The molecule has 126 valence electrons. The summed E-state index contributed by atoms with van der Waals surface area (Å²) in [4.78, 5) is 16.8. The van der Waals surface area contributed by atoms with E-state index in [0.717, 1.165) is 18.8 Å². The predicted molar refractivity (Wildman–Crippen MR) is 94.5 cm³/mol. The largest absolute Gasteiger partial charge is 0.443 e. The van der Waals surface area contributed by atoms with Gasteiger partial charge in [-0.05, 0) is 51.3 Å². The molecule has 4 heteroatoms. The Morgan fingerprint density at radius 3 is 2.43 bits per heavy atom. The first-order valence-corrected chi connectivity index (χ1v) is 8.57. The summed E-state index contributed by atoms with van der Waals surface area (Å²) >= 11 is 0. The van der Waals surface area contributed by atoms with Crippen LogP contribution in [-0.2, 0) is 10.2 Å². The van der Waals surface area contributed by atoms with Crippen LogP contribution in [0.1, 0.15) is 53.0 Å². The van der Waals surface area contributed by atoms with Gasteiger partial charge in [-0.3, -0.25) is 4.90 Å². The predicted octanol–water partition coefficient (Wildman–Crippen LogP) is 4.32. The third-order valence-electron chi connectivity index (χ3n) is 4.64. The summed E-state index contributed by atoms with van der Waals surface area (Å²) in [7, 11) is 0. The van der Waals surface area contributed by atoms with Gasteiger partial charge >= 0.3 is 6.09 Å². The number of hydrogen-bond donors (Lipinski definition) is 0. The molecule has 1 aromatic rings. The van der Waals surface area contributed by atoms with E-state index in [1.807, 2.05) is 20.8 Å². The zero-order valence-corrected chi connectivity index (χ0v) is 15.0. The number of fused-ring (bicyclic) bond motifs is 1. The fourth-order valence-electron chi connectivity index (χ4n) is 3.53. The maximum atomic E-state index is 12.6. The molecule has 2 aliphatic rings. The Morgan fingerprint density at radius 1 is 1.17 bits per heavy atom. The van der Waals surface area contributed by atoms with E-state index in [1.54, 1.807) is 4.90 Å². The van der Waals surface area contributed by atoms with Crippen LogP contribution in [0.4, 0.5) is 16.2 Å². The van der Waals surface area contributed by atoms with Crippen LogP contribution in [0, 0.1) is 0 Å². The fourth-order valence-corrected chi connectivity index (χ4v) is 3.53.